The number of likely N-dealkylation sites (N-methyl/N-ethyl adjacent to an activating group) is 1. The van der Waals surface area contributed by atoms with Gasteiger partial charge < -0.3 is 15.7 Å². The average Bonchev–Trinajstić information content (AvgIpc) is 2.28. The summed E-state index contributed by atoms with van der Waals surface area (Å²) in [6.07, 6.45) is 2.40. The van der Waals surface area contributed by atoms with Gasteiger partial charge in [-0.15, -0.1) is 0 Å². The number of hydrogen-bond donors (Lipinski definition) is 3. The highest BCUT2D eigenvalue weighted by molar-refractivity contribution is 5.81. The van der Waals surface area contributed by atoms with Gasteiger partial charge in [0.1, 0.15) is 0 Å². The molecule has 0 radical (unpaired) electrons. The minimum Gasteiger partial charge on any atom is -0.481 e. The number of carbonyl (C=O) groups is 2. The lowest BCUT2D eigenvalue weighted by molar-refractivity contribution is -0.141. The third kappa shape index (κ3) is 7.27. The molecule has 0 aromatic carbocycles. The summed E-state index contributed by atoms with van der Waals surface area (Å²) in [6.45, 7) is 8.09. The molecule has 0 heterocycles. The van der Waals surface area contributed by atoms with Crippen molar-refractivity contribution < 1.29 is 14.7 Å². The summed E-state index contributed by atoms with van der Waals surface area (Å²) in [5.41, 5.74) is 0. The van der Waals surface area contributed by atoms with E-state index >= 15 is 0 Å². The number of carbonyl (C=O) groups excluding carboxylic acids is 1. The molecule has 3 unspecified atom stereocenters. The second-order valence-corrected chi connectivity index (χ2v) is 4.85. The summed E-state index contributed by atoms with van der Waals surface area (Å²) in [5.74, 6) is -1.03. The molecule has 0 aliphatic carbocycles. The highest BCUT2D eigenvalue weighted by atomic mass is 16.4. The standard InChI is InChI=1S/C13H26N2O3/c1-5-14-12(16)11(4)15-10(3)8-6-7-9(2)13(17)18/h9-11,15H,5-8H2,1-4H3,(H,14,16)(H,17,18). The maximum atomic E-state index is 11.5. The van der Waals surface area contributed by atoms with Crippen molar-refractivity contribution in [2.45, 2.75) is 59.0 Å². The maximum absolute atomic E-state index is 11.5. The molecule has 1 amide bonds. The van der Waals surface area contributed by atoms with Gasteiger partial charge >= 0.3 is 5.97 Å². The van der Waals surface area contributed by atoms with Crippen LogP contribution in [0.4, 0.5) is 0 Å². The van der Waals surface area contributed by atoms with Crippen LogP contribution in [0.3, 0.4) is 0 Å². The summed E-state index contributed by atoms with van der Waals surface area (Å²) < 4.78 is 0. The van der Waals surface area contributed by atoms with E-state index < -0.39 is 5.97 Å². The van der Waals surface area contributed by atoms with Crippen LogP contribution >= 0.6 is 0 Å². The molecule has 0 saturated heterocycles. The smallest absolute Gasteiger partial charge is 0.306 e. The molecule has 5 heteroatoms. The van der Waals surface area contributed by atoms with E-state index in [-0.39, 0.29) is 23.9 Å². The van der Waals surface area contributed by atoms with Crippen molar-refractivity contribution in [1.82, 2.24) is 10.6 Å². The zero-order valence-electron chi connectivity index (χ0n) is 11.8. The van der Waals surface area contributed by atoms with Gasteiger partial charge in [0.15, 0.2) is 0 Å². The van der Waals surface area contributed by atoms with Gasteiger partial charge in [0.2, 0.25) is 5.91 Å². The molecule has 3 N–H and O–H groups in total. The van der Waals surface area contributed by atoms with Crippen LogP contribution in [0.1, 0.15) is 47.0 Å². The van der Waals surface area contributed by atoms with E-state index in [0.29, 0.717) is 13.0 Å². The quantitative estimate of drug-likeness (QED) is 0.584. The Labute approximate surface area is 109 Å². The van der Waals surface area contributed by atoms with Gasteiger partial charge in [0.05, 0.1) is 12.0 Å². The first-order valence-corrected chi connectivity index (χ1v) is 6.65. The molecule has 0 aliphatic heterocycles. The van der Waals surface area contributed by atoms with Gasteiger partial charge in [0.25, 0.3) is 0 Å². The maximum Gasteiger partial charge on any atom is 0.306 e. The molecule has 0 saturated carbocycles. The number of carboxylic acids is 1. The topological polar surface area (TPSA) is 78.4 Å². The lowest BCUT2D eigenvalue weighted by Crippen LogP contribution is -2.45. The molecule has 0 bridgehead atoms. The lowest BCUT2D eigenvalue weighted by atomic mass is 10.0. The van der Waals surface area contributed by atoms with Gasteiger partial charge in [0, 0.05) is 12.6 Å². The van der Waals surface area contributed by atoms with Gasteiger partial charge in [-0.3, -0.25) is 9.59 Å². The first kappa shape index (κ1) is 16.9. The van der Waals surface area contributed by atoms with E-state index in [9.17, 15) is 9.59 Å². The van der Waals surface area contributed by atoms with E-state index in [1.165, 1.54) is 0 Å². The summed E-state index contributed by atoms with van der Waals surface area (Å²) in [7, 11) is 0. The summed E-state index contributed by atoms with van der Waals surface area (Å²) in [6, 6.07) is 0.000415. The molecular weight excluding hydrogens is 232 g/mol. The SMILES string of the molecule is CCNC(=O)C(C)NC(C)CCCC(C)C(=O)O. The number of aliphatic carboxylic acids is 1. The minimum absolute atomic E-state index is 0.00301. The highest BCUT2D eigenvalue weighted by Gasteiger charge is 2.15. The van der Waals surface area contributed by atoms with Crippen molar-refractivity contribution in [2.24, 2.45) is 5.92 Å². The van der Waals surface area contributed by atoms with Crippen molar-refractivity contribution in [1.29, 1.82) is 0 Å². The van der Waals surface area contributed by atoms with Crippen molar-refractivity contribution >= 4 is 11.9 Å². The van der Waals surface area contributed by atoms with Crippen molar-refractivity contribution in [3.63, 3.8) is 0 Å². The largest absolute Gasteiger partial charge is 0.481 e. The predicted molar refractivity (Wildman–Crippen MR) is 71.4 cm³/mol. The lowest BCUT2D eigenvalue weighted by Gasteiger charge is -2.19. The fraction of sp³-hybridized carbons (Fsp3) is 0.846. The monoisotopic (exact) mass is 258 g/mol. The molecule has 0 aromatic heterocycles. The molecule has 0 spiro atoms. The number of hydrogen-bond acceptors (Lipinski definition) is 3. The van der Waals surface area contributed by atoms with Gasteiger partial charge in [-0.05, 0) is 33.6 Å². The van der Waals surface area contributed by atoms with Crippen LogP contribution in [0.5, 0.6) is 0 Å². The molecule has 0 aliphatic rings. The summed E-state index contributed by atoms with van der Waals surface area (Å²) in [4.78, 5) is 22.1. The van der Waals surface area contributed by atoms with E-state index in [0.717, 1.165) is 12.8 Å². The van der Waals surface area contributed by atoms with E-state index in [1.54, 1.807) is 6.92 Å². The van der Waals surface area contributed by atoms with Crippen LogP contribution in [0, 0.1) is 5.92 Å². The number of carboxylic acid groups (broad SMARTS) is 1. The Morgan fingerprint density at radius 1 is 1.17 bits per heavy atom. The van der Waals surface area contributed by atoms with Crippen LogP contribution in [-0.4, -0.2) is 35.6 Å². The third-order valence-electron chi connectivity index (χ3n) is 2.97. The van der Waals surface area contributed by atoms with Crippen molar-refractivity contribution in [3.8, 4) is 0 Å². The fourth-order valence-electron chi connectivity index (χ4n) is 1.77. The number of nitrogens with one attached hydrogen (secondary N) is 2. The predicted octanol–water partition coefficient (Wildman–Crippen LogP) is 1.38. The third-order valence-corrected chi connectivity index (χ3v) is 2.97. The Morgan fingerprint density at radius 3 is 2.28 bits per heavy atom. The minimum atomic E-state index is -0.744. The average molecular weight is 258 g/mol. The van der Waals surface area contributed by atoms with Gasteiger partial charge in [-0.25, -0.2) is 0 Å². The zero-order chi connectivity index (χ0) is 14.1. The Balaban J connectivity index is 3.80. The number of rotatable bonds is 9. The number of amides is 1. The van der Waals surface area contributed by atoms with E-state index in [1.807, 2.05) is 20.8 Å². The summed E-state index contributed by atoms with van der Waals surface area (Å²) in [5, 5.41) is 14.7. The van der Waals surface area contributed by atoms with Gasteiger partial charge in [-0.1, -0.05) is 13.3 Å². The highest BCUT2D eigenvalue weighted by Crippen LogP contribution is 2.09. The van der Waals surface area contributed by atoms with Crippen LogP contribution in [0.15, 0.2) is 0 Å². The van der Waals surface area contributed by atoms with E-state index in [2.05, 4.69) is 10.6 Å². The molecule has 3 atom stereocenters. The van der Waals surface area contributed by atoms with Crippen LogP contribution in [0.2, 0.25) is 0 Å². The Morgan fingerprint density at radius 2 is 1.78 bits per heavy atom. The molecule has 18 heavy (non-hydrogen) atoms. The molecule has 0 rings (SSSR count). The molecule has 106 valence electrons. The van der Waals surface area contributed by atoms with Crippen LogP contribution in [0.25, 0.3) is 0 Å². The Bertz CT molecular complexity index is 269. The van der Waals surface area contributed by atoms with Crippen molar-refractivity contribution in [3.05, 3.63) is 0 Å². The van der Waals surface area contributed by atoms with Crippen LogP contribution < -0.4 is 10.6 Å². The molecule has 5 nitrogen and oxygen atoms in total. The molecule has 0 fully saturated rings. The molecular formula is C13H26N2O3. The van der Waals surface area contributed by atoms with E-state index in [4.69, 9.17) is 5.11 Å². The normalized spacial score (nSPS) is 15.8. The fourth-order valence-corrected chi connectivity index (χ4v) is 1.77. The van der Waals surface area contributed by atoms with Gasteiger partial charge in [-0.2, -0.15) is 0 Å². The molecule has 0 aromatic rings. The van der Waals surface area contributed by atoms with Crippen LogP contribution in [-0.2, 0) is 9.59 Å². The zero-order valence-corrected chi connectivity index (χ0v) is 11.8. The second kappa shape index (κ2) is 8.91. The first-order chi connectivity index (χ1) is 8.38. The second-order valence-electron chi connectivity index (χ2n) is 4.85. The van der Waals surface area contributed by atoms with Crippen molar-refractivity contribution in [2.75, 3.05) is 6.54 Å². The first-order valence-electron chi connectivity index (χ1n) is 6.65. The summed E-state index contributed by atoms with van der Waals surface area (Å²) >= 11 is 0. The Kier molecular flexibility index (Phi) is 8.37. The Hall–Kier alpha value is -1.10.